The normalized spacial score (nSPS) is 11.6. The maximum atomic E-state index is 13.2. The molecule has 0 fully saturated rings. The molecule has 5 rings (SSSR count). The molecule has 12 heteroatoms. The Kier molecular flexibility index (Phi) is 18.0. The number of methoxy groups -OCH3 is 1. The zero-order chi connectivity index (χ0) is 35.9. The summed E-state index contributed by atoms with van der Waals surface area (Å²) in [6.45, 7) is 15.4. The quantitative estimate of drug-likeness (QED) is 0.106. The Balaban J connectivity index is 0.000000452. The number of carbonyl (C=O) groups is 1. The van der Waals surface area contributed by atoms with Crippen LogP contribution in [0.3, 0.4) is 0 Å². The molecule has 3 N–H and O–H groups in total. The molecule has 0 radical (unpaired) electrons. The van der Waals surface area contributed by atoms with E-state index < -0.39 is 22.8 Å². The van der Waals surface area contributed by atoms with Crippen LogP contribution in [-0.4, -0.2) is 40.2 Å². The molecule has 0 aliphatic rings. The van der Waals surface area contributed by atoms with E-state index in [2.05, 4.69) is 48.3 Å². The van der Waals surface area contributed by atoms with Crippen molar-refractivity contribution in [2.24, 2.45) is 5.92 Å². The summed E-state index contributed by atoms with van der Waals surface area (Å²) in [5, 5.41) is 19.2. The van der Waals surface area contributed by atoms with E-state index in [0.29, 0.717) is 23.7 Å². The molecule has 50 heavy (non-hydrogen) atoms. The van der Waals surface area contributed by atoms with Crippen molar-refractivity contribution in [2.75, 3.05) is 12.4 Å². The van der Waals surface area contributed by atoms with Gasteiger partial charge in [0.15, 0.2) is 5.13 Å². The van der Waals surface area contributed by atoms with Gasteiger partial charge in [-0.15, -0.1) is 11.3 Å². The van der Waals surface area contributed by atoms with Crippen LogP contribution in [0.4, 0.5) is 10.8 Å². The maximum Gasteiger partial charge on any atom is 1.00 e. The SMILES string of the molecule is COc1ccc([S-](=O)=O)cc1.[CH2-]C(C)C.[CH2-][C@@H](O)[C@H](Cc1ccccc1)NC(=O)c1ccc(C)c(Nc2nc(-c3cccnc3)cs2)c1C.[Li+]. The third kappa shape index (κ3) is 13.4. The van der Waals surface area contributed by atoms with Crippen LogP contribution in [-0.2, 0) is 25.5 Å². The Bertz CT molecular complexity index is 1820. The number of anilines is 2. The summed E-state index contributed by atoms with van der Waals surface area (Å²) in [5.41, 5.74) is 6.01. The van der Waals surface area contributed by atoms with Gasteiger partial charge in [0.25, 0.3) is 5.91 Å². The molecule has 1 amide bonds. The first-order valence-electron chi connectivity index (χ1n) is 15.5. The summed E-state index contributed by atoms with van der Waals surface area (Å²) < 4.78 is 25.6. The van der Waals surface area contributed by atoms with Crippen LogP contribution in [0, 0.1) is 33.6 Å². The van der Waals surface area contributed by atoms with Crippen molar-refractivity contribution in [3.63, 3.8) is 0 Å². The Morgan fingerprint density at radius 3 is 2.20 bits per heavy atom. The molecule has 0 saturated carbocycles. The molecular weight excluding hydrogens is 664 g/mol. The summed E-state index contributed by atoms with van der Waals surface area (Å²) in [5.74, 6) is 0.985. The van der Waals surface area contributed by atoms with E-state index in [0.717, 1.165) is 38.8 Å². The van der Waals surface area contributed by atoms with Gasteiger partial charge in [0.1, 0.15) is 5.75 Å². The fourth-order valence-corrected chi connectivity index (χ4v) is 5.54. The number of nitrogens with one attached hydrogen (secondary N) is 2. The van der Waals surface area contributed by atoms with E-state index in [1.807, 2.05) is 73.8 Å². The number of carbonyl (C=O) groups excluding carboxylic acids is 1. The number of ether oxygens (including phenoxy) is 1. The van der Waals surface area contributed by atoms with Crippen molar-refractivity contribution >= 4 is 38.8 Å². The number of thiazole rings is 1. The fourth-order valence-electron chi connectivity index (χ4n) is 4.45. The van der Waals surface area contributed by atoms with Gasteiger partial charge < -0.3 is 42.7 Å². The number of aliphatic hydroxyl groups is 1. The van der Waals surface area contributed by atoms with Crippen LogP contribution in [0.25, 0.3) is 11.3 Å². The van der Waals surface area contributed by atoms with Gasteiger partial charge in [-0.1, -0.05) is 67.3 Å². The van der Waals surface area contributed by atoms with E-state index in [9.17, 15) is 18.3 Å². The zero-order valence-corrected chi connectivity index (χ0v) is 31.0. The van der Waals surface area contributed by atoms with E-state index in [1.165, 1.54) is 30.6 Å². The van der Waals surface area contributed by atoms with Crippen LogP contribution in [0.15, 0.2) is 102 Å². The molecule has 0 spiro atoms. The van der Waals surface area contributed by atoms with Crippen molar-refractivity contribution < 1.29 is 41.9 Å². The van der Waals surface area contributed by atoms with Gasteiger partial charge in [-0.05, 0) is 84.1 Å². The Morgan fingerprint density at radius 2 is 1.64 bits per heavy atom. The van der Waals surface area contributed by atoms with Crippen molar-refractivity contribution in [1.29, 1.82) is 0 Å². The number of amides is 1. The van der Waals surface area contributed by atoms with Crippen LogP contribution >= 0.6 is 11.3 Å². The topological polar surface area (TPSA) is 131 Å². The van der Waals surface area contributed by atoms with Crippen LogP contribution in [0.5, 0.6) is 5.75 Å². The molecule has 0 saturated heterocycles. The summed E-state index contributed by atoms with van der Waals surface area (Å²) in [7, 11) is -0.614. The first kappa shape index (κ1) is 42.2. The van der Waals surface area contributed by atoms with Gasteiger partial charge in [0.05, 0.1) is 12.8 Å². The number of aliphatic hydroxyl groups excluding tert-OH is 1. The summed E-state index contributed by atoms with van der Waals surface area (Å²) >= 11 is 1.49. The molecule has 2 heterocycles. The van der Waals surface area contributed by atoms with E-state index >= 15 is 0 Å². The molecule has 0 aliphatic carbocycles. The van der Waals surface area contributed by atoms with Gasteiger partial charge in [-0.2, -0.15) is 5.92 Å². The Morgan fingerprint density at radius 1 is 0.980 bits per heavy atom. The minimum atomic E-state index is -2.14. The minimum Gasteiger partial charge on any atom is -0.497 e. The van der Waals surface area contributed by atoms with Gasteiger partial charge in [-0.25, -0.2) is 4.98 Å². The molecule has 3 aromatic carbocycles. The van der Waals surface area contributed by atoms with Gasteiger partial charge in [0.2, 0.25) is 0 Å². The summed E-state index contributed by atoms with van der Waals surface area (Å²) in [6, 6.07) is 23.0. The Labute approximate surface area is 313 Å². The van der Waals surface area contributed by atoms with Crippen LogP contribution < -0.4 is 34.2 Å². The molecule has 0 unspecified atom stereocenters. The van der Waals surface area contributed by atoms with Gasteiger partial charge in [-0.3, -0.25) is 9.78 Å². The number of nitrogens with zero attached hydrogens (tertiary/aromatic N) is 2. The number of benzene rings is 3. The molecule has 9 nitrogen and oxygen atoms in total. The van der Waals surface area contributed by atoms with Crippen LogP contribution in [0.2, 0.25) is 0 Å². The van der Waals surface area contributed by atoms with Crippen molar-refractivity contribution in [2.45, 2.75) is 51.2 Å². The number of rotatable bonds is 10. The number of hydrogen-bond donors (Lipinski definition) is 3. The zero-order valence-electron chi connectivity index (χ0n) is 29.4. The molecule has 5 aromatic rings. The molecular formula is C38H43LiN4O5S2-2. The fraction of sp³-hybridized carbons (Fsp3) is 0.237. The van der Waals surface area contributed by atoms with E-state index in [4.69, 9.17) is 4.74 Å². The first-order chi connectivity index (χ1) is 23.4. The van der Waals surface area contributed by atoms with Crippen molar-refractivity contribution in [3.8, 4) is 17.0 Å². The van der Waals surface area contributed by atoms with E-state index in [1.54, 1.807) is 24.5 Å². The standard InChI is InChI=1S/C27H27N4O2S.C7H7O3S.C4H9.Li/c1-17-11-12-22(26(33)29-23(19(3)32)14-20-8-5-4-6-9-20)18(2)25(17)31-27-30-24(16-34-27)21-10-7-13-28-15-21;1-10-6-2-4-7(5-3-6)11(8)9;1-4(2)3;/h4-13,15-16,19,23,32H,3,14H2,1-2H3,(H,29,33)(H,30,31);2-5H,1H3;4H,1H2,2-3H3;/q3*-1;+1/t19-,23+;;;/m1.../s1. The molecule has 0 bridgehead atoms. The predicted molar refractivity (Wildman–Crippen MR) is 198 cm³/mol. The minimum absolute atomic E-state index is 0. The van der Waals surface area contributed by atoms with Gasteiger partial charge >= 0.3 is 18.9 Å². The average molecular weight is 707 g/mol. The third-order valence-electron chi connectivity index (χ3n) is 6.94. The second-order valence-electron chi connectivity index (χ2n) is 11.5. The monoisotopic (exact) mass is 706 g/mol. The Hall–Kier alpha value is -3.98. The third-order valence-corrected chi connectivity index (χ3v) is 8.36. The van der Waals surface area contributed by atoms with Crippen molar-refractivity contribution in [1.82, 2.24) is 15.3 Å². The number of aryl methyl sites for hydroxylation is 1. The molecule has 0 aliphatic heterocycles. The second kappa shape index (κ2) is 21.3. The van der Waals surface area contributed by atoms with Crippen molar-refractivity contribution in [3.05, 3.63) is 133 Å². The summed E-state index contributed by atoms with van der Waals surface area (Å²) in [6.07, 6.45) is 3.07. The molecule has 2 atom stereocenters. The summed E-state index contributed by atoms with van der Waals surface area (Å²) in [4.78, 5) is 22.3. The second-order valence-corrected chi connectivity index (χ2v) is 13.3. The average Bonchev–Trinajstić information content (AvgIpc) is 3.56. The van der Waals surface area contributed by atoms with E-state index in [-0.39, 0.29) is 29.7 Å². The smallest absolute Gasteiger partial charge is 0.497 e. The maximum absolute atomic E-state index is 13.2. The largest absolute Gasteiger partial charge is 1.00 e. The number of hydrogen-bond acceptors (Lipinski definition) is 10. The van der Waals surface area contributed by atoms with Crippen LogP contribution in [0.1, 0.15) is 40.9 Å². The van der Waals surface area contributed by atoms with Gasteiger partial charge in [0, 0.05) is 40.6 Å². The predicted octanol–water partition coefficient (Wildman–Crippen LogP) is 4.95. The number of aromatic nitrogens is 2. The molecule has 260 valence electrons. The molecule has 2 aromatic heterocycles. The number of pyridine rings is 1. The first-order valence-corrected chi connectivity index (χ1v) is 17.5.